The van der Waals surface area contributed by atoms with Crippen molar-refractivity contribution in [1.29, 1.82) is 0 Å². The first-order valence-electron chi connectivity index (χ1n) is 7.03. The number of nitrogens with zero attached hydrogens (tertiary/aromatic N) is 2. The monoisotopic (exact) mass is 327 g/mol. The fraction of sp³-hybridized carbons (Fsp3) is 0.500. The van der Waals surface area contributed by atoms with E-state index in [9.17, 15) is 13.2 Å². The zero-order valence-electron chi connectivity index (χ0n) is 12.7. The summed E-state index contributed by atoms with van der Waals surface area (Å²) in [6, 6.07) is 7.91. The number of carbonyl (C=O) groups is 1. The summed E-state index contributed by atoms with van der Waals surface area (Å²) in [5.41, 5.74) is 0.615. The number of amides is 1. The third-order valence-electron chi connectivity index (χ3n) is 3.45. The second-order valence-corrected chi connectivity index (χ2v) is 7.10. The molecule has 1 amide bonds. The van der Waals surface area contributed by atoms with E-state index in [1.807, 2.05) is 6.07 Å². The smallest absolute Gasteiger partial charge is 0.279 e. The van der Waals surface area contributed by atoms with Gasteiger partial charge < -0.3 is 9.64 Å². The van der Waals surface area contributed by atoms with Gasteiger partial charge in [0, 0.05) is 27.2 Å². The minimum Gasteiger partial charge on any atom is -0.378 e. The Morgan fingerprint density at radius 2 is 1.82 bits per heavy atom. The minimum atomic E-state index is -3.72. The SMILES string of the molecule is CN(C)S(=O)(=O)N[C@@H](C(=O)N1CCOCC1)c1ccccc1. The van der Waals surface area contributed by atoms with Crippen molar-refractivity contribution in [2.75, 3.05) is 40.4 Å². The van der Waals surface area contributed by atoms with Gasteiger partial charge in [-0.15, -0.1) is 0 Å². The summed E-state index contributed by atoms with van der Waals surface area (Å²) in [6.45, 7) is 1.86. The summed E-state index contributed by atoms with van der Waals surface area (Å²) >= 11 is 0. The average Bonchev–Trinajstić information content (AvgIpc) is 2.53. The second-order valence-electron chi connectivity index (χ2n) is 5.19. The van der Waals surface area contributed by atoms with Crippen LogP contribution in [0.2, 0.25) is 0 Å². The Kier molecular flexibility index (Phi) is 5.52. The Balaban J connectivity index is 2.27. The van der Waals surface area contributed by atoms with Gasteiger partial charge in [0.1, 0.15) is 6.04 Å². The van der Waals surface area contributed by atoms with Gasteiger partial charge >= 0.3 is 0 Å². The van der Waals surface area contributed by atoms with E-state index in [2.05, 4.69) is 4.72 Å². The van der Waals surface area contributed by atoms with Crippen LogP contribution in [0.15, 0.2) is 30.3 Å². The molecular formula is C14H21N3O4S. The number of hydrogen-bond acceptors (Lipinski definition) is 4. The van der Waals surface area contributed by atoms with Gasteiger partial charge in [-0.2, -0.15) is 17.4 Å². The Morgan fingerprint density at radius 1 is 1.23 bits per heavy atom. The van der Waals surface area contributed by atoms with Gasteiger partial charge in [0.05, 0.1) is 13.2 Å². The average molecular weight is 327 g/mol. The van der Waals surface area contributed by atoms with Crippen LogP contribution in [0.3, 0.4) is 0 Å². The van der Waals surface area contributed by atoms with E-state index in [4.69, 9.17) is 4.74 Å². The maximum Gasteiger partial charge on any atom is 0.279 e. The van der Waals surface area contributed by atoms with Crippen LogP contribution in [0.5, 0.6) is 0 Å². The molecule has 1 aromatic rings. The van der Waals surface area contributed by atoms with Gasteiger partial charge in [-0.1, -0.05) is 30.3 Å². The fourth-order valence-electron chi connectivity index (χ4n) is 2.13. The molecule has 0 spiro atoms. The van der Waals surface area contributed by atoms with Crippen molar-refractivity contribution in [2.45, 2.75) is 6.04 Å². The van der Waals surface area contributed by atoms with Gasteiger partial charge in [0.2, 0.25) is 5.91 Å². The Hall–Kier alpha value is -1.48. The van der Waals surface area contributed by atoms with E-state index in [1.165, 1.54) is 14.1 Å². The highest BCUT2D eigenvalue weighted by atomic mass is 32.2. The van der Waals surface area contributed by atoms with Crippen LogP contribution in [-0.2, 0) is 19.7 Å². The number of morpholine rings is 1. The molecule has 1 atom stereocenters. The van der Waals surface area contributed by atoms with E-state index in [0.29, 0.717) is 31.9 Å². The Labute approximate surface area is 131 Å². The first-order valence-corrected chi connectivity index (χ1v) is 8.47. The van der Waals surface area contributed by atoms with Crippen LogP contribution in [0.25, 0.3) is 0 Å². The van der Waals surface area contributed by atoms with Crippen molar-refractivity contribution in [2.24, 2.45) is 0 Å². The third kappa shape index (κ3) is 4.04. The number of hydrogen-bond donors (Lipinski definition) is 1. The minimum absolute atomic E-state index is 0.264. The summed E-state index contributed by atoms with van der Waals surface area (Å²) in [5, 5.41) is 0. The van der Waals surface area contributed by atoms with Crippen LogP contribution < -0.4 is 4.72 Å². The second kappa shape index (κ2) is 7.19. The van der Waals surface area contributed by atoms with E-state index in [-0.39, 0.29) is 5.91 Å². The molecule has 7 nitrogen and oxygen atoms in total. The van der Waals surface area contributed by atoms with Crippen LogP contribution in [-0.4, -0.2) is 63.9 Å². The predicted molar refractivity (Wildman–Crippen MR) is 82.3 cm³/mol. The lowest BCUT2D eigenvalue weighted by Crippen LogP contribution is -2.49. The van der Waals surface area contributed by atoms with Crippen molar-refractivity contribution in [1.82, 2.24) is 13.9 Å². The van der Waals surface area contributed by atoms with Crippen LogP contribution in [0.1, 0.15) is 11.6 Å². The predicted octanol–water partition coefficient (Wildman–Crippen LogP) is -0.0175. The molecule has 1 fully saturated rings. The number of benzene rings is 1. The van der Waals surface area contributed by atoms with Crippen LogP contribution in [0, 0.1) is 0 Å². The lowest BCUT2D eigenvalue weighted by molar-refractivity contribution is -0.137. The van der Waals surface area contributed by atoms with Crippen LogP contribution >= 0.6 is 0 Å². The quantitative estimate of drug-likeness (QED) is 0.824. The highest BCUT2D eigenvalue weighted by Crippen LogP contribution is 2.18. The topological polar surface area (TPSA) is 79.0 Å². The lowest BCUT2D eigenvalue weighted by Gasteiger charge is -2.31. The Bertz CT molecular complexity index is 598. The lowest BCUT2D eigenvalue weighted by atomic mass is 10.1. The van der Waals surface area contributed by atoms with Crippen molar-refractivity contribution in [3.8, 4) is 0 Å². The molecule has 1 heterocycles. The summed E-state index contributed by atoms with van der Waals surface area (Å²) in [6.07, 6.45) is 0. The molecule has 2 rings (SSSR count). The van der Waals surface area contributed by atoms with Gasteiger partial charge in [0.25, 0.3) is 10.2 Å². The molecule has 1 saturated heterocycles. The van der Waals surface area contributed by atoms with Gasteiger partial charge in [-0.05, 0) is 5.56 Å². The van der Waals surface area contributed by atoms with Gasteiger partial charge in [-0.25, -0.2) is 0 Å². The number of ether oxygens (including phenoxy) is 1. The van der Waals surface area contributed by atoms with E-state index >= 15 is 0 Å². The zero-order chi connectivity index (χ0) is 16.2. The molecule has 0 bridgehead atoms. The molecule has 0 aromatic heterocycles. The normalized spacial score (nSPS) is 17.5. The molecular weight excluding hydrogens is 306 g/mol. The summed E-state index contributed by atoms with van der Waals surface area (Å²) in [5.74, 6) is -0.264. The standard InChI is InChI=1S/C14H21N3O4S/c1-16(2)22(19,20)15-13(12-6-4-3-5-7-12)14(18)17-8-10-21-11-9-17/h3-7,13,15H,8-11H2,1-2H3/t13-/m1/s1. The number of rotatable bonds is 5. The molecule has 0 radical (unpaired) electrons. The molecule has 1 N–H and O–H groups in total. The largest absolute Gasteiger partial charge is 0.378 e. The molecule has 1 aliphatic rings. The maximum absolute atomic E-state index is 12.7. The molecule has 122 valence electrons. The van der Waals surface area contributed by atoms with E-state index in [1.54, 1.807) is 29.2 Å². The van der Waals surface area contributed by atoms with Crippen molar-refractivity contribution >= 4 is 16.1 Å². The zero-order valence-corrected chi connectivity index (χ0v) is 13.5. The van der Waals surface area contributed by atoms with Gasteiger partial charge in [-0.3, -0.25) is 4.79 Å². The molecule has 0 aliphatic carbocycles. The van der Waals surface area contributed by atoms with Crippen LogP contribution in [0.4, 0.5) is 0 Å². The number of nitrogens with one attached hydrogen (secondary N) is 1. The van der Waals surface area contributed by atoms with Gasteiger partial charge in [0.15, 0.2) is 0 Å². The first-order chi connectivity index (χ1) is 10.4. The van der Waals surface area contributed by atoms with Crippen molar-refractivity contribution in [3.63, 3.8) is 0 Å². The summed E-state index contributed by atoms with van der Waals surface area (Å²) < 4.78 is 33.0. The molecule has 1 aromatic carbocycles. The van der Waals surface area contributed by atoms with E-state index < -0.39 is 16.3 Å². The van der Waals surface area contributed by atoms with Crippen molar-refractivity contribution < 1.29 is 17.9 Å². The molecule has 8 heteroatoms. The maximum atomic E-state index is 12.7. The summed E-state index contributed by atoms with van der Waals surface area (Å²) in [7, 11) is -0.884. The molecule has 22 heavy (non-hydrogen) atoms. The molecule has 0 unspecified atom stereocenters. The van der Waals surface area contributed by atoms with E-state index in [0.717, 1.165) is 4.31 Å². The molecule has 0 saturated carbocycles. The highest BCUT2D eigenvalue weighted by molar-refractivity contribution is 7.87. The highest BCUT2D eigenvalue weighted by Gasteiger charge is 2.31. The molecule has 1 aliphatic heterocycles. The number of carbonyl (C=O) groups excluding carboxylic acids is 1. The Morgan fingerprint density at radius 3 is 2.36 bits per heavy atom. The third-order valence-corrected chi connectivity index (χ3v) is 4.95. The summed E-state index contributed by atoms with van der Waals surface area (Å²) in [4.78, 5) is 14.3. The fourth-order valence-corrected chi connectivity index (χ4v) is 2.87. The first kappa shape index (κ1) is 16.9. The van der Waals surface area contributed by atoms with Crippen molar-refractivity contribution in [3.05, 3.63) is 35.9 Å².